The zero-order valence-electron chi connectivity index (χ0n) is 22.9. The van der Waals surface area contributed by atoms with Crippen LogP contribution < -0.4 is 10.1 Å². The lowest BCUT2D eigenvalue weighted by atomic mass is 9.92. The van der Waals surface area contributed by atoms with Crippen LogP contribution in [0.25, 0.3) is 11.0 Å². The van der Waals surface area contributed by atoms with Crippen molar-refractivity contribution in [3.05, 3.63) is 83.2 Å². The largest absolute Gasteiger partial charge is 0.497 e. The number of methoxy groups -OCH3 is 1. The fourth-order valence-corrected chi connectivity index (χ4v) is 6.20. The third kappa shape index (κ3) is 5.21. The molecule has 1 fully saturated rings. The van der Waals surface area contributed by atoms with Crippen molar-refractivity contribution < 1.29 is 14.3 Å². The Morgan fingerprint density at radius 2 is 1.93 bits per heavy atom. The number of Topliss-reactive ketones (excluding diaryl/α,β-unsaturated/α-hetero) is 1. The summed E-state index contributed by atoms with van der Waals surface area (Å²) in [6, 6.07) is 15.0. The molecule has 0 spiro atoms. The second-order valence-corrected chi connectivity index (χ2v) is 10.9. The van der Waals surface area contributed by atoms with Gasteiger partial charge in [0.1, 0.15) is 17.3 Å². The molecule has 206 valence electrons. The first-order chi connectivity index (χ1) is 19.5. The normalized spacial score (nSPS) is 20.4. The van der Waals surface area contributed by atoms with Crippen molar-refractivity contribution in [2.75, 3.05) is 20.2 Å². The van der Waals surface area contributed by atoms with Gasteiger partial charge in [0.25, 0.3) is 0 Å². The van der Waals surface area contributed by atoms with E-state index in [1.807, 2.05) is 60.5 Å². The van der Waals surface area contributed by atoms with E-state index in [1.54, 1.807) is 24.2 Å². The first kappa shape index (κ1) is 26.1. The molecule has 1 N–H and O–H groups in total. The Kier molecular flexibility index (Phi) is 7.30. The van der Waals surface area contributed by atoms with E-state index in [0.29, 0.717) is 32.4 Å². The molecule has 40 heavy (non-hydrogen) atoms. The summed E-state index contributed by atoms with van der Waals surface area (Å²) in [6.07, 6.45) is 6.86. The Hall–Kier alpha value is -4.11. The SMILES string of the molecule is COc1ccc2c(c1)CCNC2C(=O)N1C[C@H](Cc2ccncc2)C[C@H]1C(=O)CCc1ccc2c(c1)nnn2C. The van der Waals surface area contributed by atoms with Crippen molar-refractivity contribution in [2.45, 2.75) is 44.2 Å². The summed E-state index contributed by atoms with van der Waals surface area (Å²) in [7, 11) is 3.52. The van der Waals surface area contributed by atoms with Gasteiger partial charge in [-0.2, -0.15) is 0 Å². The highest BCUT2D eigenvalue weighted by Gasteiger charge is 2.42. The van der Waals surface area contributed by atoms with E-state index in [2.05, 4.69) is 20.6 Å². The van der Waals surface area contributed by atoms with E-state index in [1.165, 1.54) is 5.56 Å². The molecular weight excluding hydrogens is 504 g/mol. The number of fused-ring (bicyclic) bond motifs is 2. The lowest BCUT2D eigenvalue weighted by molar-refractivity contribution is -0.139. The maximum absolute atomic E-state index is 14.1. The van der Waals surface area contributed by atoms with Crippen molar-refractivity contribution in [2.24, 2.45) is 13.0 Å². The Labute approximate surface area is 233 Å². The number of ketones is 1. The Balaban J connectivity index is 1.22. The van der Waals surface area contributed by atoms with E-state index in [-0.39, 0.29) is 17.6 Å². The quantitative estimate of drug-likeness (QED) is 0.368. The summed E-state index contributed by atoms with van der Waals surface area (Å²) in [5.74, 6) is 1.08. The number of carbonyl (C=O) groups excluding carboxylic acids is 2. The average molecular weight is 539 g/mol. The highest BCUT2D eigenvalue weighted by Crippen LogP contribution is 2.33. The number of benzene rings is 2. The van der Waals surface area contributed by atoms with Crippen LogP contribution in [0.5, 0.6) is 5.75 Å². The van der Waals surface area contributed by atoms with E-state index >= 15 is 0 Å². The first-order valence-electron chi connectivity index (χ1n) is 13.9. The Morgan fingerprint density at radius 1 is 1.07 bits per heavy atom. The summed E-state index contributed by atoms with van der Waals surface area (Å²) in [6.45, 7) is 1.27. The minimum Gasteiger partial charge on any atom is -0.497 e. The number of rotatable bonds is 8. The predicted octanol–water partition coefficient (Wildman–Crippen LogP) is 3.22. The summed E-state index contributed by atoms with van der Waals surface area (Å²) in [5, 5.41) is 11.7. The molecule has 0 saturated carbocycles. The molecule has 4 heterocycles. The number of amides is 1. The third-order valence-corrected chi connectivity index (χ3v) is 8.30. The number of nitrogens with zero attached hydrogens (tertiary/aromatic N) is 5. The van der Waals surface area contributed by atoms with Crippen LogP contribution in [-0.4, -0.2) is 62.8 Å². The van der Waals surface area contributed by atoms with E-state index in [0.717, 1.165) is 46.3 Å². The average Bonchev–Trinajstić information content (AvgIpc) is 3.58. The summed E-state index contributed by atoms with van der Waals surface area (Å²) >= 11 is 0. The summed E-state index contributed by atoms with van der Waals surface area (Å²) < 4.78 is 7.15. The first-order valence-corrected chi connectivity index (χ1v) is 13.9. The molecule has 2 aromatic carbocycles. The van der Waals surface area contributed by atoms with Crippen LogP contribution >= 0.6 is 0 Å². The molecule has 2 aliphatic heterocycles. The zero-order chi connectivity index (χ0) is 27.6. The molecule has 9 heteroatoms. The van der Waals surface area contributed by atoms with Crippen LogP contribution in [0, 0.1) is 5.92 Å². The number of carbonyl (C=O) groups is 2. The standard InChI is InChI=1S/C31H34N6O3/c1-36-27-7-3-20(16-26(27)34-35-36)4-8-29(38)28-17-22(15-21-9-12-32-13-10-21)19-37(28)31(39)30-25-6-5-24(40-2)18-23(25)11-14-33-30/h3,5-7,9-10,12-13,16,18,22,28,30,33H,4,8,11,14-15,17,19H2,1-2H3/t22-,28+,30?/m1/s1. The molecule has 0 bridgehead atoms. The van der Waals surface area contributed by atoms with Crippen LogP contribution in [0.2, 0.25) is 0 Å². The minimum atomic E-state index is -0.469. The summed E-state index contributed by atoms with van der Waals surface area (Å²) in [5.41, 5.74) is 6.08. The van der Waals surface area contributed by atoms with Gasteiger partial charge in [0.05, 0.1) is 18.7 Å². The molecule has 1 unspecified atom stereocenters. The van der Waals surface area contributed by atoms with Gasteiger partial charge in [0.15, 0.2) is 5.78 Å². The van der Waals surface area contributed by atoms with Gasteiger partial charge < -0.3 is 15.0 Å². The molecule has 0 radical (unpaired) electrons. The number of nitrogens with one attached hydrogen (secondary N) is 1. The Bertz CT molecular complexity index is 1530. The molecule has 1 amide bonds. The molecule has 3 atom stereocenters. The maximum atomic E-state index is 14.1. The number of hydrogen-bond donors (Lipinski definition) is 1. The lowest BCUT2D eigenvalue weighted by Gasteiger charge is -2.32. The van der Waals surface area contributed by atoms with Crippen LogP contribution in [0.15, 0.2) is 60.9 Å². The van der Waals surface area contributed by atoms with Crippen LogP contribution in [0.4, 0.5) is 0 Å². The fraction of sp³-hybridized carbons (Fsp3) is 0.387. The van der Waals surface area contributed by atoms with Gasteiger partial charge in [-0.15, -0.1) is 5.10 Å². The smallest absolute Gasteiger partial charge is 0.244 e. The molecule has 0 aliphatic carbocycles. The third-order valence-electron chi connectivity index (χ3n) is 8.30. The molecule has 4 aromatic rings. The van der Waals surface area contributed by atoms with Gasteiger partial charge >= 0.3 is 0 Å². The number of pyridine rings is 1. The van der Waals surface area contributed by atoms with E-state index in [9.17, 15) is 9.59 Å². The van der Waals surface area contributed by atoms with Gasteiger partial charge in [0.2, 0.25) is 5.91 Å². The van der Waals surface area contributed by atoms with E-state index in [4.69, 9.17) is 4.74 Å². The van der Waals surface area contributed by atoms with Crippen LogP contribution in [0.3, 0.4) is 0 Å². The second kappa shape index (κ2) is 11.2. The van der Waals surface area contributed by atoms with Crippen molar-refractivity contribution in [3.63, 3.8) is 0 Å². The Morgan fingerprint density at radius 3 is 2.75 bits per heavy atom. The maximum Gasteiger partial charge on any atom is 0.244 e. The topological polar surface area (TPSA) is 102 Å². The molecular formula is C31H34N6O3. The number of aryl methyl sites for hydroxylation is 2. The van der Waals surface area contributed by atoms with Gasteiger partial charge in [0, 0.05) is 39.0 Å². The van der Waals surface area contributed by atoms with Crippen molar-refractivity contribution in [1.29, 1.82) is 0 Å². The van der Waals surface area contributed by atoms with Crippen molar-refractivity contribution in [3.8, 4) is 5.75 Å². The van der Waals surface area contributed by atoms with Crippen LogP contribution in [-0.2, 0) is 35.9 Å². The zero-order valence-corrected chi connectivity index (χ0v) is 22.9. The number of ether oxygens (including phenoxy) is 1. The van der Waals surface area contributed by atoms with Gasteiger partial charge in [-0.25, -0.2) is 4.68 Å². The molecule has 2 aromatic heterocycles. The molecule has 1 saturated heterocycles. The van der Waals surface area contributed by atoms with Gasteiger partial charge in [-0.3, -0.25) is 14.6 Å². The molecule has 6 rings (SSSR count). The molecule has 9 nitrogen and oxygen atoms in total. The number of likely N-dealkylation sites (tertiary alicyclic amines) is 1. The van der Waals surface area contributed by atoms with Crippen molar-refractivity contribution >= 4 is 22.7 Å². The minimum absolute atomic E-state index is 0.0253. The number of hydrogen-bond acceptors (Lipinski definition) is 7. The van der Waals surface area contributed by atoms with Gasteiger partial charge in [-0.05, 0) is 90.3 Å². The predicted molar refractivity (Wildman–Crippen MR) is 151 cm³/mol. The highest BCUT2D eigenvalue weighted by molar-refractivity contribution is 5.92. The second-order valence-electron chi connectivity index (χ2n) is 10.9. The van der Waals surface area contributed by atoms with Gasteiger partial charge in [-0.1, -0.05) is 17.3 Å². The number of aromatic nitrogens is 4. The monoisotopic (exact) mass is 538 g/mol. The van der Waals surface area contributed by atoms with E-state index < -0.39 is 12.1 Å². The highest BCUT2D eigenvalue weighted by atomic mass is 16.5. The summed E-state index contributed by atoms with van der Waals surface area (Å²) in [4.78, 5) is 33.8. The molecule has 2 aliphatic rings. The van der Waals surface area contributed by atoms with Crippen LogP contribution in [0.1, 0.15) is 41.1 Å². The fourth-order valence-electron chi connectivity index (χ4n) is 6.20. The van der Waals surface area contributed by atoms with Crippen molar-refractivity contribution in [1.82, 2.24) is 30.2 Å². The lowest BCUT2D eigenvalue weighted by Crippen LogP contribution is -2.48.